The van der Waals surface area contributed by atoms with Crippen molar-refractivity contribution in [3.63, 3.8) is 0 Å². The summed E-state index contributed by atoms with van der Waals surface area (Å²) in [5, 5.41) is 12.1. The largest absolute Gasteiger partial charge is 0.481 e. The smallest absolute Gasteiger partial charge is 0.309 e. The lowest BCUT2D eigenvalue weighted by atomic mass is 9.75. The van der Waals surface area contributed by atoms with Crippen LogP contribution in [-0.4, -0.2) is 46.9 Å². The molecule has 2 aliphatic heterocycles. The number of nitrogens with zero attached hydrogens (tertiary/aromatic N) is 1. The Morgan fingerprint density at radius 3 is 2.50 bits per heavy atom. The number of aliphatic carboxylic acids is 1. The topological polar surface area (TPSA) is 86.7 Å². The minimum absolute atomic E-state index is 0.0636. The highest BCUT2D eigenvalue weighted by molar-refractivity contribution is 5.91. The lowest BCUT2D eigenvalue weighted by molar-refractivity contribution is -0.155. The van der Waals surface area contributed by atoms with Crippen molar-refractivity contribution in [2.24, 2.45) is 5.41 Å². The summed E-state index contributed by atoms with van der Waals surface area (Å²) in [6, 6.07) is -0.411. The van der Waals surface area contributed by atoms with Crippen LogP contribution in [0.4, 0.5) is 0 Å². The third-order valence-electron chi connectivity index (χ3n) is 4.51. The van der Waals surface area contributed by atoms with Crippen molar-refractivity contribution in [3.8, 4) is 0 Å². The van der Waals surface area contributed by atoms with Gasteiger partial charge in [-0.15, -0.1) is 0 Å². The van der Waals surface area contributed by atoms with E-state index in [-0.39, 0.29) is 11.8 Å². The molecule has 0 aromatic carbocycles. The molecule has 20 heavy (non-hydrogen) atoms. The molecule has 2 heterocycles. The predicted octanol–water partition coefficient (Wildman–Crippen LogP) is 0.758. The minimum atomic E-state index is -0.749. The lowest BCUT2D eigenvalue weighted by Crippen LogP contribution is -2.51. The van der Waals surface area contributed by atoms with Crippen molar-refractivity contribution in [1.29, 1.82) is 0 Å². The van der Waals surface area contributed by atoms with E-state index < -0.39 is 17.4 Å². The van der Waals surface area contributed by atoms with Gasteiger partial charge in [-0.25, -0.2) is 0 Å². The molecule has 2 fully saturated rings. The summed E-state index contributed by atoms with van der Waals surface area (Å²) in [5.41, 5.74) is -0.676. The van der Waals surface area contributed by atoms with Crippen molar-refractivity contribution >= 4 is 17.8 Å². The molecule has 0 aliphatic carbocycles. The SMILES string of the molecule is CCCC1(C(=O)O)CCN(C(=O)[C@@H]2CCC(=O)N2)CC1. The Hall–Kier alpha value is -1.59. The molecule has 2 rings (SSSR count). The molecule has 2 saturated heterocycles. The summed E-state index contributed by atoms with van der Waals surface area (Å²) in [7, 11) is 0. The van der Waals surface area contributed by atoms with Crippen molar-refractivity contribution in [3.05, 3.63) is 0 Å². The fraction of sp³-hybridized carbons (Fsp3) is 0.786. The maximum Gasteiger partial charge on any atom is 0.309 e. The van der Waals surface area contributed by atoms with E-state index in [0.717, 1.165) is 6.42 Å². The number of rotatable bonds is 4. The molecular formula is C14H22N2O4. The summed E-state index contributed by atoms with van der Waals surface area (Å²) in [4.78, 5) is 36.6. The van der Waals surface area contributed by atoms with Crippen LogP contribution in [0.5, 0.6) is 0 Å². The number of amides is 2. The van der Waals surface area contributed by atoms with Crippen LogP contribution in [-0.2, 0) is 14.4 Å². The Balaban J connectivity index is 1.94. The van der Waals surface area contributed by atoms with E-state index in [1.165, 1.54) is 0 Å². The Morgan fingerprint density at radius 1 is 1.40 bits per heavy atom. The van der Waals surface area contributed by atoms with Gasteiger partial charge in [-0.05, 0) is 25.7 Å². The molecule has 0 aromatic rings. The van der Waals surface area contributed by atoms with Gasteiger partial charge in [0.15, 0.2) is 0 Å². The molecule has 6 nitrogen and oxygen atoms in total. The molecule has 0 radical (unpaired) electrons. The second-order valence-electron chi connectivity index (χ2n) is 5.82. The first-order valence-corrected chi connectivity index (χ1v) is 7.30. The van der Waals surface area contributed by atoms with Crippen LogP contribution in [0.3, 0.4) is 0 Å². The van der Waals surface area contributed by atoms with Crippen molar-refractivity contribution < 1.29 is 19.5 Å². The zero-order chi connectivity index (χ0) is 14.8. The molecule has 1 atom stereocenters. The summed E-state index contributed by atoms with van der Waals surface area (Å²) < 4.78 is 0. The third kappa shape index (κ3) is 2.78. The Bertz CT molecular complexity index is 413. The molecule has 0 unspecified atom stereocenters. The van der Waals surface area contributed by atoms with Gasteiger partial charge in [-0.3, -0.25) is 14.4 Å². The summed E-state index contributed by atoms with van der Waals surface area (Å²) in [6.45, 7) is 2.92. The predicted molar refractivity (Wildman–Crippen MR) is 72.0 cm³/mol. The zero-order valence-corrected chi connectivity index (χ0v) is 11.9. The van der Waals surface area contributed by atoms with Gasteiger partial charge in [0.25, 0.3) is 0 Å². The lowest BCUT2D eigenvalue weighted by Gasteiger charge is -2.39. The second-order valence-corrected chi connectivity index (χ2v) is 5.82. The quantitative estimate of drug-likeness (QED) is 0.797. The number of hydrogen-bond donors (Lipinski definition) is 2. The van der Waals surface area contributed by atoms with Gasteiger partial charge in [-0.2, -0.15) is 0 Å². The first kappa shape index (κ1) is 14.8. The van der Waals surface area contributed by atoms with E-state index >= 15 is 0 Å². The standard InChI is InChI=1S/C14H22N2O4/c1-2-5-14(13(19)20)6-8-16(9-7-14)12(18)10-3-4-11(17)15-10/h10H,2-9H2,1H3,(H,15,17)(H,19,20)/t10-/m0/s1. The highest BCUT2D eigenvalue weighted by Crippen LogP contribution is 2.36. The normalized spacial score (nSPS) is 25.4. The fourth-order valence-corrected chi connectivity index (χ4v) is 3.22. The molecule has 0 spiro atoms. The van der Waals surface area contributed by atoms with Crippen LogP contribution in [0.25, 0.3) is 0 Å². The van der Waals surface area contributed by atoms with Gasteiger partial charge in [-0.1, -0.05) is 13.3 Å². The number of piperidine rings is 1. The molecule has 2 amide bonds. The summed E-state index contributed by atoms with van der Waals surface area (Å²) >= 11 is 0. The molecular weight excluding hydrogens is 260 g/mol. The van der Waals surface area contributed by atoms with Gasteiger partial charge in [0.1, 0.15) is 6.04 Å². The number of carbonyl (C=O) groups excluding carboxylic acids is 2. The molecule has 0 aromatic heterocycles. The van der Waals surface area contributed by atoms with Crippen molar-refractivity contribution in [2.75, 3.05) is 13.1 Å². The monoisotopic (exact) mass is 282 g/mol. The average molecular weight is 282 g/mol. The minimum Gasteiger partial charge on any atom is -0.481 e. The van der Waals surface area contributed by atoms with Crippen molar-refractivity contribution in [1.82, 2.24) is 10.2 Å². The van der Waals surface area contributed by atoms with Crippen LogP contribution >= 0.6 is 0 Å². The molecule has 0 bridgehead atoms. The number of nitrogens with one attached hydrogen (secondary N) is 1. The van der Waals surface area contributed by atoms with E-state index in [4.69, 9.17) is 0 Å². The first-order valence-electron chi connectivity index (χ1n) is 7.30. The van der Waals surface area contributed by atoms with Crippen molar-refractivity contribution in [2.45, 2.75) is 51.5 Å². The molecule has 112 valence electrons. The molecule has 2 aliphatic rings. The van der Waals surface area contributed by atoms with Gasteiger partial charge < -0.3 is 15.3 Å². The van der Waals surface area contributed by atoms with Crippen LogP contribution in [0.1, 0.15) is 45.4 Å². The number of carboxylic acids is 1. The highest BCUT2D eigenvalue weighted by Gasteiger charge is 2.42. The van der Waals surface area contributed by atoms with Crippen LogP contribution < -0.4 is 5.32 Å². The summed E-state index contributed by atoms with van der Waals surface area (Å²) in [5.74, 6) is -0.891. The number of carbonyl (C=O) groups is 3. The van der Waals surface area contributed by atoms with Gasteiger partial charge in [0.2, 0.25) is 11.8 Å². The average Bonchev–Trinajstić information content (AvgIpc) is 2.85. The second kappa shape index (κ2) is 5.81. The number of hydrogen-bond acceptors (Lipinski definition) is 3. The molecule has 0 saturated carbocycles. The van der Waals surface area contributed by atoms with E-state index in [1.54, 1.807) is 4.90 Å². The first-order chi connectivity index (χ1) is 9.48. The molecule has 6 heteroatoms. The van der Waals surface area contributed by atoms with Gasteiger partial charge in [0, 0.05) is 19.5 Å². The van der Waals surface area contributed by atoms with E-state index in [9.17, 15) is 19.5 Å². The Labute approximate surface area is 118 Å². The van der Waals surface area contributed by atoms with E-state index in [0.29, 0.717) is 45.2 Å². The fourth-order valence-electron chi connectivity index (χ4n) is 3.22. The van der Waals surface area contributed by atoms with Crippen LogP contribution in [0, 0.1) is 5.41 Å². The maximum absolute atomic E-state index is 12.2. The third-order valence-corrected chi connectivity index (χ3v) is 4.51. The maximum atomic E-state index is 12.2. The zero-order valence-electron chi connectivity index (χ0n) is 11.9. The van der Waals surface area contributed by atoms with E-state index in [2.05, 4.69) is 5.32 Å². The van der Waals surface area contributed by atoms with Crippen LogP contribution in [0.2, 0.25) is 0 Å². The molecule has 2 N–H and O–H groups in total. The Morgan fingerprint density at radius 2 is 2.05 bits per heavy atom. The number of likely N-dealkylation sites (tertiary alicyclic amines) is 1. The van der Waals surface area contributed by atoms with Gasteiger partial charge >= 0.3 is 5.97 Å². The summed E-state index contributed by atoms with van der Waals surface area (Å²) in [6.07, 6.45) is 3.45. The highest BCUT2D eigenvalue weighted by atomic mass is 16.4. The number of carboxylic acid groups (broad SMARTS) is 1. The van der Waals surface area contributed by atoms with Gasteiger partial charge in [0.05, 0.1) is 5.41 Å². The van der Waals surface area contributed by atoms with E-state index in [1.807, 2.05) is 6.92 Å². The van der Waals surface area contributed by atoms with Crippen LogP contribution in [0.15, 0.2) is 0 Å². The Kier molecular flexibility index (Phi) is 4.30.